The zero-order valence-electron chi connectivity index (χ0n) is 17.2. The molecule has 150 valence electrons. The maximum absolute atomic E-state index is 13.0. The summed E-state index contributed by atoms with van der Waals surface area (Å²) in [5.41, 5.74) is 2.23. The van der Waals surface area contributed by atoms with Gasteiger partial charge in [0.05, 0.1) is 35.9 Å². The molecule has 3 aromatic rings. The first-order valence-electron chi connectivity index (χ1n) is 9.25. The molecule has 0 saturated carbocycles. The van der Waals surface area contributed by atoms with Crippen molar-refractivity contribution in [1.29, 1.82) is 10.5 Å². The Morgan fingerprint density at radius 3 is 2.50 bits per heavy atom. The number of hydrogen-bond acceptors (Lipinski definition) is 4. The Kier molecular flexibility index (Phi) is 5.82. The molecule has 2 aromatic carbocycles. The SMILES string of the molecule is COc1ccc(C#N)cc1/C=C(\C#N)c1cn(C(=O)C(C)(C)C)c2ccc(Br)cc12. The molecule has 0 saturated heterocycles. The van der Waals surface area contributed by atoms with Gasteiger partial charge in [-0.15, -0.1) is 0 Å². The summed E-state index contributed by atoms with van der Waals surface area (Å²) in [7, 11) is 1.54. The van der Waals surface area contributed by atoms with Crippen LogP contribution in [-0.2, 0) is 0 Å². The second-order valence-electron chi connectivity index (χ2n) is 7.87. The fourth-order valence-corrected chi connectivity index (χ4v) is 3.55. The van der Waals surface area contributed by atoms with E-state index in [9.17, 15) is 15.3 Å². The highest BCUT2D eigenvalue weighted by atomic mass is 79.9. The second kappa shape index (κ2) is 8.18. The fraction of sp³-hybridized carbons (Fsp3) is 0.208. The third-order valence-corrected chi connectivity index (χ3v) is 5.19. The van der Waals surface area contributed by atoms with Crippen molar-refractivity contribution in [2.24, 2.45) is 5.41 Å². The fourth-order valence-electron chi connectivity index (χ4n) is 3.19. The Hall–Kier alpha value is -3.35. The summed E-state index contributed by atoms with van der Waals surface area (Å²) >= 11 is 3.48. The monoisotopic (exact) mass is 461 g/mol. The molecular weight excluding hydrogens is 442 g/mol. The van der Waals surface area contributed by atoms with Gasteiger partial charge >= 0.3 is 0 Å². The maximum Gasteiger partial charge on any atom is 0.236 e. The summed E-state index contributed by atoms with van der Waals surface area (Å²) in [6.45, 7) is 5.58. The van der Waals surface area contributed by atoms with Gasteiger partial charge in [-0.1, -0.05) is 36.7 Å². The summed E-state index contributed by atoms with van der Waals surface area (Å²) in [5.74, 6) is 0.486. The van der Waals surface area contributed by atoms with E-state index >= 15 is 0 Å². The number of hydrogen-bond donors (Lipinski definition) is 0. The molecule has 30 heavy (non-hydrogen) atoms. The molecule has 0 atom stereocenters. The van der Waals surface area contributed by atoms with Crippen LogP contribution in [0.25, 0.3) is 22.6 Å². The quantitative estimate of drug-likeness (QED) is 0.445. The average Bonchev–Trinajstić information content (AvgIpc) is 3.08. The first-order chi connectivity index (χ1) is 14.2. The van der Waals surface area contributed by atoms with Gasteiger partial charge in [-0.05, 0) is 42.5 Å². The highest BCUT2D eigenvalue weighted by molar-refractivity contribution is 9.10. The minimum Gasteiger partial charge on any atom is -0.496 e. The van der Waals surface area contributed by atoms with Gasteiger partial charge in [0.2, 0.25) is 5.91 Å². The molecule has 5 nitrogen and oxygen atoms in total. The number of ether oxygens (including phenoxy) is 1. The Morgan fingerprint density at radius 1 is 1.17 bits per heavy atom. The summed E-state index contributed by atoms with van der Waals surface area (Å²) < 4.78 is 7.84. The highest BCUT2D eigenvalue weighted by Gasteiger charge is 2.26. The molecule has 0 N–H and O–H groups in total. The molecule has 0 aliphatic rings. The van der Waals surface area contributed by atoms with E-state index in [2.05, 4.69) is 28.1 Å². The standard InChI is InChI=1S/C24H20BrN3O2/c1-24(2,3)23(29)28-14-20(19-11-18(25)6-7-21(19)28)17(13-27)10-16-9-15(12-26)5-8-22(16)30-4/h5-11,14H,1-4H3/b17-10+. The second-order valence-corrected chi connectivity index (χ2v) is 8.78. The molecule has 1 heterocycles. The summed E-state index contributed by atoms with van der Waals surface area (Å²) in [6, 6.07) is 15.0. The van der Waals surface area contributed by atoms with Gasteiger partial charge in [0.25, 0.3) is 0 Å². The molecule has 0 bridgehead atoms. The van der Waals surface area contributed by atoms with E-state index in [0.29, 0.717) is 28.0 Å². The molecule has 0 aliphatic heterocycles. The van der Waals surface area contributed by atoms with Gasteiger partial charge in [-0.3, -0.25) is 9.36 Å². The third-order valence-electron chi connectivity index (χ3n) is 4.70. The number of fused-ring (bicyclic) bond motifs is 1. The Balaban J connectivity index is 2.29. The van der Waals surface area contributed by atoms with Crippen LogP contribution >= 0.6 is 15.9 Å². The van der Waals surface area contributed by atoms with E-state index < -0.39 is 5.41 Å². The van der Waals surface area contributed by atoms with Crippen molar-refractivity contribution in [3.05, 3.63) is 63.8 Å². The smallest absolute Gasteiger partial charge is 0.236 e. The van der Waals surface area contributed by atoms with Gasteiger partial charge in [0.1, 0.15) is 5.75 Å². The predicted molar refractivity (Wildman–Crippen MR) is 121 cm³/mol. The lowest BCUT2D eigenvalue weighted by molar-refractivity contribution is 0.0772. The van der Waals surface area contributed by atoms with Gasteiger partial charge in [0.15, 0.2) is 0 Å². The van der Waals surface area contributed by atoms with Crippen LogP contribution in [0.1, 0.15) is 42.3 Å². The average molecular weight is 462 g/mol. The largest absolute Gasteiger partial charge is 0.496 e. The van der Waals surface area contributed by atoms with Crippen molar-refractivity contribution in [3.8, 4) is 17.9 Å². The minimum atomic E-state index is -0.586. The Morgan fingerprint density at radius 2 is 1.90 bits per heavy atom. The van der Waals surface area contributed by atoms with E-state index in [1.54, 1.807) is 35.0 Å². The lowest BCUT2D eigenvalue weighted by atomic mass is 9.95. The maximum atomic E-state index is 13.0. The molecule has 0 radical (unpaired) electrons. The number of rotatable bonds is 3. The Labute approximate surface area is 183 Å². The van der Waals surface area contributed by atoms with Crippen LogP contribution in [0.15, 0.2) is 47.1 Å². The highest BCUT2D eigenvalue weighted by Crippen LogP contribution is 2.34. The minimum absolute atomic E-state index is 0.0672. The lowest BCUT2D eigenvalue weighted by Gasteiger charge is -2.17. The Bertz CT molecular complexity index is 1260. The number of allylic oxidation sites excluding steroid dienone is 1. The van der Waals surface area contributed by atoms with E-state index in [1.165, 1.54) is 7.11 Å². The summed E-state index contributed by atoms with van der Waals surface area (Å²) in [4.78, 5) is 13.0. The third kappa shape index (κ3) is 4.01. The van der Waals surface area contributed by atoms with E-state index in [0.717, 1.165) is 15.4 Å². The molecular formula is C24H20BrN3O2. The van der Waals surface area contributed by atoms with E-state index in [1.807, 2.05) is 39.0 Å². The molecule has 6 heteroatoms. The molecule has 0 aliphatic carbocycles. The summed E-state index contributed by atoms with van der Waals surface area (Å²) in [6.07, 6.45) is 3.39. The van der Waals surface area contributed by atoms with Gasteiger partial charge in [-0.25, -0.2) is 0 Å². The first kappa shape index (κ1) is 21.4. The number of aromatic nitrogens is 1. The van der Waals surface area contributed by atoms with Crippen LogP contribution < -0.4 is 4.74 Å². The van der Waals surface area contributed by atoms with Crippen LogP contribution in [0.4, 0.5) is 0 Å². The van der Waals surface area contributed by atoms with Crippen molar-refractivity contribution in [2.75, 3.05) is 7.11 Å². The van der Waals surface area contributed by atoms with Gasteiger partial charge in [0, 0.05) is 32.6 Å². The van der Waals surface area contributed by atoms with Crippen LogP contribution in [0, 0.1) is 28.1 Å². The van der Waals surface area contributed by atoms with Crippen molar-refractivity contribution >= 4 is 44.4 Å². The number of carbonyl (C=O) groups is 1. The molecule has 0 spiro atoms. The topological polar surface area (TPSA) is 78.8 Å². The van der Waals surface area contributed by atoms with Crippen molar-refractivity contribution in [3.63, 3.8) is 0 Å². The van der Waals surface area contributed by atoms with Crippen LogP contribution in [-0.4, -0.2) is 17.6 Å². The first-order valence-corrected chi connectivity index (χ1v) is 10.0. The van der Waals surface area contributed by atoms with Gasteiger partial charge in [-0.2, -0.15) is 10.5 Å². The molecule has 0 unspecified atom stereocenters. The number of carbonyl (C=O) groups excluding carboxylic acids is 1. The number of nitriles is 2. The number of methoxy groups -OCH3 is 1. The van der Waals surface area contributed by atoms with Crippen molar-refractivity contribution in [1.82, 2.24) is 4.57 Å². The zero-order chi connectivity index (χ0) is 22.1. The van der Waals surface area contributed by atoms with E-state index in [-0.39, 0.29) is 5.91 Å². The number of halogens is 1. The molecule has 0 fully saturated rings. The number of benzene rings is 2. The summed E-state index contributed by atoms with van der Waals surface area (Å²) in [5, 5.41) is 19.9. The number of nitrogens with zero attached hydrogens (tertiary/aromatic N) is 3. The van der Waals surface area contributed by atoms with E-state index in [4.69, 9.17) is 4.74 Å². The predicted octanol–water partition coefficient (Wildman–Crippen LogP) is 6.03. The van der Waals surface area contributed by atoms with Crippen LogP contribution in [0.3, 0.4) is 0 Å². The zero-order valence-corrected chi connectivity index (χ0v) is 18.7. The molecule has 0 amide bonds. The van der Waals surface area contributed by atoms with Crippen LogP contribution in [0.5, 0.6) is 5.75 Å². The van der Waals surface area contributed by atoms with Crippen molar-refractivity contribution in [2.45, 2.75) is 20.8 Å². The van der Waals surface area contributed by atoms with Gasteiger partial charge < -0.3 is 4.74 Å². The van der Waals surface area contributed by atoms with Crippen molar-refractivity contribution < 1.29 is 9.53 Å². The van der Waals surface area contributed by atoms with Crippen LogP contribution in [0.2, 0.25) is 0 Å². The molecule has 3 rings (SSSR count). The molecule has 1 aromatic heterocycles. The normalized spacial score (nSPS) is 11.8. The lowest BCUT2D eigenvalue weighted by Crippen LogP contribution is -2.26.